The van der Waals surface area contributed by atoms with Gasteiger partial charge in [-0.2, -0.15) is 0 Å². The minimum absolute atomic E-state index is 0.0258. The topological polar surface area (TPSA) is 64.1 Å². The summed E-state index contributed by atoms with van der Waals surface area (Å²) < 4.78 is 7.30. The van der Waals surface area contributed by atoms with E-state index in [1.54, 1.807) is 0 Å². The van der Waals surface area contributed by atoms with Crippen LogP contribution in [-0.2, 0) is 30.7 Å². The van der Waals surface area contributed by atoms with E-state index in [0.29, 0.717) is 24.1 Å². The molecule has 5 nitrogen and oxygen atoms in total. The molecule has 0 bridgehead atoms. The van der Waals surface area contributed by atoms with Crippen molar-refractivity contribution in [3.8, 4) is 23.0 Å². The van der Waals surface area contributed by atoms with Crippen LogP contribution in [0.25, 0.3) is 11.1 Å². The highest BCUT2D eigenvalue weighted by Gasteiger charge is 2.17. The van der Waals surface area contributed by atoms with Crippen molar-refractivity contribution in [1.29, 1.82) is 0 Å². The fourth-order valence-corrected chi connectivity index (χ4v) is 4.90. The van der Waals surface area contributed by atoms with Crippen LogP contribution in [0.2, 0.25) is 0 Å². The number of nitrogens with one attached hydrogen (secondary N) is 1. The van der Waals surface area contributed by atoms with Crippen LogP contribution in [0.5, 0.6) is 0 Å². The molecule has 5 heteroatoms. The van der Waals surface area contributed by atoms with Crippen molar-refractivity contribution in [2.45, 2.75) is 39.8 Å². The molecule has 1 aliphatic carbocycles. The van der Waals surface area contributed by atoms with E-state index in [1.807, 2.05) is 44.2 Å². The molecule has 0 saturated heterocycles. The molecule has 1 aromatic heterocycles. The molecule has 0 unspecified atom stereocenters. The average molecular weight is 477 g/mol. The standard InChI is InChI=1S/C31H28N2O3/c1-3-26-29(19-23-11-5-4-9-21(23)2)33(31(35)32-30(26)34)20-36-16-8-10-22-14-15-28-25(17-22)18-24-12-6-7-13-27(24)28/h4-7,9,11-15,17H,3,16,18-20H2,1-2H3,(H,32,34,35). The first kappa shape index (κ1) is 23.6. The maximum atomic E-state index is 12.7. The lowest BCUT2D eigenvalue weighted by molar-refractivity contribution is 0.0980. The lowest BCUT2D eigenvalue weighted by atomic mass is 10.0. The molecular formula is C31H28N2O3. The second-order valence-electron chi connectivity index (χ2n) is 9.05. The summed E-state index contributed by atoms with van der Waals surface area (Å²) in [6.45, 7) is 4.15. The van der Waals surface area contributed by atoms with E-state index in [4.69, 9.17) is 4.74 Å². The quantitative estimate of drug-likeness (QED) is 0.288. The first-order valence-corrected chi connectivity index (χ1v) is 12.2. The summed E-state index contributed by atoms with van der Waals surface area (Å²) in [5, 5.41) is 0. The van der Waals surface area contributed by atoms with Crippen molar-refractivity contribution in [2.75, 3.05) is 6.61 Å². The number of benzene rings is 3. The molecule has 1 heterocycles. The fraction of sp³-hybridized carbons (Fsp3) is 0.226. The van der Waals surface area contributed by atoms with Crippen LogP contribution in [0.1, 0.15) is 46.0 Å². The van der Waals surface area contributed by atoms with Crippen molar-refractivity contribution in [2.24, 2.45) is 0 Å². The monoisotopic (exact) mass is 476 g/mol. The SMILES string of the molecule is CCc1c(Cc2ccccc2C)n(COCC#Cc2ccc3c(c2)Cc2ccccc2-3)c(=O)[nH]c1=O. The Morgan fingerprint density at radius 3 is 2.58 bits per heavy atom. The Labute approximate surface area is 210 Å². The second kappa shape index (κ2) is 10.2. The first-order valence-electron chi connectivity index (χ1n) is 12.2. The zero-order valence-electron chi connectivity index (χ0n) is 20.6. The van der Waals surface area contributed by atoms with Gasteiger partial charge < -0.3 is 4.74 Å². The van der Waals surface area contributed by atoms with Crippen LogP contribution in [-0.4, -0.2) is 16.2 Å². The van der Waals surface area contributed by atoms with Gasteiger partial charge in [0.05, 0.1) is 0 Å². The maximum absolute atomic E-state index is 12.7. The molecule has 1 N–H and O–H groups in total. The highest BCUT2D eigenvalue weighted by atomic mass is 16.5. The molecule has 1 aliphatic rings. The zero-order chi connectivity index (χ0) is 25.1. The van der Waals surface area contributed by atoms with Crippen LogP contribution in [0, 0.1) is 18.8 Å². The Hall–Kier alpha value is -4.14. The first-order chi connectivity index (χ1) is 17.5. The lowest BCUT2D eigenvalue weighted by Crippen LogP contribution is -2.36. The van der Waals surface area contributed by atoms with E-state index in [2.05, 4.69) is 53.2 Å². The summed E-state index contributed by atoms with van der Waals surface area (Å²) in [4.78, 5) is 27.6. The van der Waals surface area contributed by atoms with E-state index in [9.17, 15) is 9.59 Å². The van der Waals surface area contributed by atoms with Crippen LogP contribution in [0.15, 0.2) is 76.3 Å². The molecule has 0 fully saturated rings. The van der Waals surface area contributed by atoms with Crippen molar-refractivity contribution >= 4 is 0 Å². The van der Waals surface area contributed by atoms with Gasteiger partial charge in [-0.05, 0) is 65.3 Å². The largest absolute Gasteiger partial charge is 0.348 e. The second-order valence-corrected chi connectivity index (χ2v) is 9.05. The van der Waals surface area contributed by atoms with Gasteiger partial charge in [0.2, 0.25) is 0 Å². The molecular weight excluding hydrogens is 448 g/mol. The number of aryl methyl sites for hydroxylation is 1. The van der Waals surface area contributed by atoms with Gasteiger partial charge in [0, 0.05) is 23.2 Å². The smallest absolute Gasteiger partial charge is 0.330 e. The summed E-state index contributed by atoms with van der Waals surface area (Å²) in [6, 6.07) is 22.8. The molecule has 180 valence electrons. The normalized spacial score (nSPS) is 11.5. The minimum Gasteiger partial charge on any atom is -0.348 e. The molecule has 0 radical (unpaired) electrons. The predicted molar refractivity (Wildman–Crippen MR) is 142 cm³/mol. The highest BCUT2D eigenvalue weighted by Crippen LogP contribution is 2.36. The number of ether oxygens (including phenoxy) is 1. The van der Waals surface area contributed by atoms with Crippen molar-refractivity contribution in [1.82, 2.24) is 9.55 Å². The van der Waals surface area contributed by atoms with Gasteiger partial charge in [-0.25, -0.2) is 4.79 Å². The Kier molecular flexibility index (Phi) is 6.71. The summed E-state index contributed by atoms with van der Waals surface area (Å²) >= 11 is 0. The number of fused-ring (bicyclic) bond motifs is 3. The molecule has 5 rings (SSSR count). The van der Waals surface area contributed by atoms with Crippen molar-refractivity contribution < 1.29 is 4.74 Å². The van der Waals surface area contributed by atoms with Crippen molar-refractivity contribution in [3.63, 3.8) is 0 Å². The van der Waals surface area contributed by atoms with Gasteiger partial charge in [-0.15, -0.1) is 0 Å². The van der Waals surface area contributed by atoms with Crippen LogP contribution >= 0.6 is 0 Å². The number of nitrogens with zero attached hydrogens (tertiary/aromatic N) is 1. The molecule has 0 spiro atoms. The highest BCUT2D eigenvalue weighted by molar-refractivity contribution is 5.77. The van der Waals surface area contributed by atoms with E-state index < -0.39 is 5.69 Å². The third-order valence-corrected chi connectivity index (χ3v) is 6.81. The number of aromatic amines is 1. The lowest BCUT2D eigenvalue weighted by Gasteiger charge is -2.16. The zero-order valence-corrected chi connectivity index (χ0v) is 20.6. The number of H-pyrrole nitrogens is 1. The van der Waals surface area contributed by atoms with Crippen LogP contribution in [0.4, 0.5) is 0 Å². The van der Waals surface area contributed by atoms with E-state index in [1.165, 1.54) is 26.8 Å². The Balaban J connectivity index is 1.31. The molecule has 0 saturated carbocycles. The Bertz CT molecular complexity index is 1620. The van der Waals surface area contributed by atoms with E-state index in [-0.39, 0.29) is 18.9 Å². The number of aromatic nitrogens is 2. The molecule has 3 aromatic carbocycles. The summed E-state index contributed by atoms with van der Waals surface area (Å²) in [6.07, 6.45) is 1.94. The van der Waals surface area contributed by atoms with Gasteiger partial charge in [-0.1, -0.05) is 73.4 Å². The molecule has 0 atom stereocenters. The maximum Gasteiger partial charge on any atom is 0.330 e. The number of rotatable bonds is 6. The van der Waals surface area contributed by atoms with Gasteiger partial charge in [0.15, 0.2) is 0 Å². The molecule has 0 amide bonds. The van der Waals surface area contributed by atoms with Gasteiger partial charge in [0.1, 0.15) is 13.3 Å². The molecule has 0 aliphatic heterocycles. The summed E-state index contributed by atoms with van der Waals surface area (Å²) in [5.41, 5.74) is 8.84. The average Bonchev–Trinajstić information content (AvgIpc) is 3.24. The Morgan fingerprint density at radius 1 is 0.972 bits per heavy atom. The van der Waals surface area contributed by atoms with E-state index >= 15 is 0 Å². The summed E-state index contributed by atoms with van der Waals surface area (Å²) in [7, 11) is 0. The molecule has 4 aromatic rings. The van der Waals surface area contributed by atoms with Crippen molar-refractivity contribution in [3.05, 3.63) is 127 Å². The summed E-state index contributed by atoms with van der Waals surface area (Å²) in [5.74, 6) is 6.24. The van der Waals surface area contributed by atoms with Crippen LogP contribution in [0.3, 0.4) is 0 Å². The minimum atomic E-state index is -0.466. The number of hydrogen-bond acceptors (Lipinski definition) is 3. The fourth-order valence-electron chi connectivity index (χ4n) is 4.90. The molecule has 36 heavy (non-hydrogen) atoms. The Morgan fingerprint density at radius 2 is 1.75 bits per heavy atom. The third-order valence-electron chi connectivity index (χ3n) is 6.81. The van der Waals surface area contributed by atoms with Crippen LogP contribution < -0.4 is 11.2 Å². The van der Waals surface area contributed by atoms with Gasteiger partial charge in [-0.3, -0.25) is 14.3 Å². The van der Waals surface area contributed by atoms with E-state index in [0.717, 1.165) is 23.1 Å². The predicted octanol–water partition coefficient (Wildman–Crippen LogP) is 4.60. The number of hydrogen-bond donors (Lipinski definition) is 1. The van der Waals surface area contributed by atoms with Gasteiger partial charge >= 0.3 is 5.69 Å². The van der Waals surface area contributed by atoms with Gasteiger partial charge in [0.25, 0.3) is 5.56 Å². The third kappa shape index (κ3) is 4.68.